The van der Waals surface area contributed by atoms with Crippen LogP contribution in [-0.4, -0.2) is 37.8 Å². The molecule has 112 valence electrons. The molecular formula is C14H20O5S. The molecule has 0 bridgehead atoms. The van der Waals surface area contributed by atoms with Crippen LogP contribution in [0.3, 0.4) is 0 Å². The van der Waals surface area contributed by atoms with Gasteiger partial charge in [0.05, 0.1) is 29.5 Å². The van der Waals surface area contributed by atoms with E-state index in [4.69, 9.17) is 9.47 Å². The Balaban J connectivity index is 2.11. The molecular weight excluding hydrogens is 280 g/mol. The summed E-state index contributed by atoms with van der Waals surface area (Å²) in [6.45, 7) is 5.43. The van der Waals surface area contributed by atoms with Crippen molar-refractivity contribution in [2.75, 3.05) is 12.4 Å². The largest absolute Gasteiger partial charge is 0.389 e. The summed E-state index contributed by atoms with van der Waals surface area (Å²) < 4.78 is 35.5. The van der Waals surface area contributed by atoms with Gasteiger partial charge in [-0.25, -0.2) is 8.42 Å². The van der Waals surface area contributed by atoms with Gasteiger partial charge >= 0.3 is 0 Å². The highest BCUT2D eigenvalue weighted by atomic mass is 32.2. The Kier molecular flexibility index (Phi) is 4.20. The zero-order valence-electron chi connectivity index (χ0n) is 11.9. The van der Waals surface area contributed by atoms with Gasteiger partial charge in [-0.2, -0.15) is 0 Å². The molecule has 1 aliphatic rings. The lowest BCUT2D eigenvalue weighted by molar-refractivity contribution is -0.135. The van der Waals surface area contributed by atoms with E-state index < -0.39 is 27.8 Å². The monoisotopic (exact) mass is 300 g/mol. The molecule has 0 aliphatic carbocycles. The molecule has 1 N–H and O–H groups in total. The normalized spacial score (nSPS) is 23.7. The van der Waals surface area contributed by atoms with Crippen molar-refractivity contribution in [3.05, 3.63) is 29.8 Å². The average molecular weight is 300 g/mol. The van der Waals surface area contributed by atoms with Crippen molar-refractivity contribution in [2.24, 2.45) is 0 Å². The fraction of sp³-hybridized carbons (Fsp3) is 0.571. The number of hydrogen-bond acceptors (Lipinski definition) is 5. The maximum absolute atomic E-state index is 12.3. The number of ether oxygens (including phenoxy) is 2. The van der Waals surface area contributed by atoms with E-state index in [1.807, 2.05) is 0 Å². The topological polar surface area (TPSA) is 72.8 Å². The number of hydrogen-bond donors (Lipinski definition) is 1. The number of rotatable bonds is 4. The summed E-state index contributed by atoms with van der Waals surface area (Å²) in [6.07, 6.45) is -1.06. The molecule has 5 nitrogen and oxygen atoms in total. The molecule has 20 heavy (non-hydrogen) atoms. The molecule has 1 fully saturated rings. The van der Waals surface area contributed by atoms with E-state index in [9.17, 15) is 13.5 Å². The van der Waals surface area contributed by atoms with Gasteiger partial charge in [0.1, 0.15) is 0 Å². The minimum absolute atomic E-state index is 0.107. The lowest BCUT2D eigenvalue weighted by Gasteiger charge is -2.17. The molecule has 1 heterocycles. The molecule has 0 spiro atoms. The molecule has 2 rings (SSSR count). The van der Waals surface area contributed by atoms with E-state index in [0.717, 1.165) is 0 Å². The Morgan fingerprint density at radius 2 is 1.95 bits per heavy atom. The summed E-state index contributed by atoms with van der Waals surface area (Å²) in [5.74, 6) is -0.833. The van der Waals surface area contributed by atoms with E-state index in [0.29, 0.717) is 5.56 Å². The predicted octanol–water partition coefficient (Wildman–Crippen LogP) is 1.67. The molecule has 0 radical (unpaired) electrons. The number of aliphatic hydroxyl groups excluding tert-OH is 1. The molecule has 6 heteroatoms. The Morgan fingerprint density at radius 1 is 1.35 bits per heavy atom. The van der Waals surface area contributed by atoms with Gasteiger partial charge in [0, 0.05) is 0 Å². The third-order valence-corrected chi connectivity index (χ3v) is 5.00. The maximum Gasteiger partial charge on any atom is 0.181 e. The summed E-state index contributed by atoms with van der Waals surface area (Å²) in [7, 11) is -3.42. The van der Waals surface area contributed by atoms with Gasteiger partial charge in [0.25, 0.3) is 0 Å². The van der Waals surface area contributed by atoms with E-state index in [-0.39, 0.29) is 17.3 Å². The van der Waals surface area contributed by atoms with Gasteiger partial charge in [0.2, 0.25) is 0 Å². The van der Waals surface area contributed by atoms with Crippen LogP contribution in [0.2, 0.25) is 0 Å². The first-order valence-electron chi connectivity index (χ1n) is 6.52. The molecule has 0 saturated carbocycles. The van der Waals surface area contributed by atoms with Crippen LogP contribution in [0.15, 0.2) is 29.2 Å². The fourth-order valence-electron chi connectivity index (χ4n) is 2.14. The van der Waals surface area contributed by atoms with Gasteiger partial charge in [-0.05, 0) is 38.5 Å². The van der Waals surface area contributed by atoms with Crippen LogP contribution in [0.25, 0.3) is 0 Å². The van der Waals surface area contributed by atoms with Crippen molar-refractivity contribution in [3.8, 4) is 0 Å². The van der Waals surface area contributed by atoms with Crippen molar-refractivity contribution >= 4 is 9.84 Å². The summed E-state index contributed by atoms with van der Waals surface area (Å²) in [4.78, 5) is 0.232. The van der Waals surface area contributed by atoms with Crippen LogP contribution in [0.5, 0.6) is 0 Å². The summed E-state index contributed by atoms with van der Waals surface area (Å²) in [6, 6.07) is 6.26. The summed E-state index contributed by atoms with van der Waals surface area (Å²) >= 11 is 0. The maximum atomic E-state index is 12.3. The Labute approximate surface area is 119 Å². The summed E-state index contributed by atoms with van der Waals surface area (Å²) in [5, 5.41) is 9.42. The van der Waals surface area contributed by atoms with Gasteiger partial charge in [0.15, 0.2) is 15.6 Å². The molecule has 2 atom stereocenters. The van der Waals surface area contributed by atoms with E-state index in [1.54, 1.807) is 32.9 Å². The van der Waals surface area contributed by atoms with Crippen molar-refractivity contribution in [1.29, 1.82) is 0 Å². The molecule has 0 aromatic heterocycles. The van der Waals surface area contributed by atoms with E-state index in [1.165, 1.54) is 12.1 Å². The molecule has 1 saturated heterocycles. The highest BCUT2D eigenvalue weighted by Crippen LogP contribution is 2.25. The highest BCUT2D eigenvalue weighted by Gasteiger charge is 2.35. The average Bonchev–Trinajstić information content (AvgIpc) is 2.68. The van der Waals surface area contributed by atoms with Crippen LogP contribution >= 0.6 is 0 Å². The van der Waals surface area contributed by atoms with Crippen LogP contribution < -0.4 is 0 Å². The first-order chi connectivity index (χ1) is 9.20. The van der Waals surface area contributed by atoms with E-state index in [2.05, 4.69) is 0 Å². The second kappa shape index (κ2) is 5.44. The Bertz CT molecular complexity index is 560. The molecule has 1 unspecified atom stereocenters. The number of benzene rings is 1. The van der Waals surface area contributed by atoms with Crippen LogP contribution in [0, 0.1) is 0 Å². The molecule has 1 aromatic rings. The lowest BCUT2D eigenvalue weighted by atomic mass is 10.1. The quantitative estimate of drug-likeness (QED) is 0.915. The van der Waals surface area contributed by atoms with Gasteiger partial charge in [-0.15, -0.1) is 0 Å². The second-order valence-electron chi connectivity index (χ2n) is 5.48. The Morgan fingerprint density at radius 3 is 2.40 bits per heavy atom. The minimum Gasteiger partial charge on any atom is -0.389 e. The predicted molar refractivity (Wildman–Crippen MR) is 74.0 cm³/mol. The first-order valence-corrected chi connectivity index (χ1v) is 8.17. The molecule has 1 aromatic carbocycles. The Hall–Kier alpha value is -0.950. The van der Waals surface area contributed by atoms with Crippen molar-refractivity contribution in [1.82, 2.24) is 0 Å². The van der Waals surface area contributed by atoms with Crippen LogP contribution in [0.4, 0.5) is 0 Å². The van der Waals surface area contributed by atoms with Crippen molar-refractivity contribution < 1.29 is 23.0 Å². The number of sulfone groups is 1. The van der Waals surface area contributed by atoms with Gasteiger partial charge in [-0.3, -0.25) is 0 Å². The first kappa shape index (κ1) is 15.4. The lowest BCUT2D eigenvalue weighted by Crippen LogP contribution is -2.26. The highest BCUT2D eigenvalue weighted by molar-refractivity contribution is 7.91. The minimum atomic E-state index is -3.42. The standard InChI is InChI=1S/C14H20O5S/c1-10(15)11-4-6-13(7-5-11)20(16,17)9-12-8-18-14(2,3)19-12/h4-7,10,12,15H,8-9H2,1-3H3/t10?,12-/m1/s1. The van der Waals surface area contributed by atoms with E-state index >= 15 is 0 Å². The molecule has 0 amide bonds. The second-order valence-corrected chi connectivity index (χ2v) is 7.51. The summed E-state index contributed by atoms with van der Waals surface area (Å²) in [5.41, 5.74) is 0.686. The zero-order chi connectivity index (χ0) is 15.0. The number of aliphatic hydroxyl groups is 1. The van der Waals surface area contributed by atoms with Crippen LogP contribution in [-0.2, 0) is 19.3 Å². The third-order valence-electron chi connectivity index (χ3n) is 3.19. The van der Waals surface area contributed by atoms with Gasteiger partial charge < -0.3 is 14.6 Å². The molecule has 1 aliphatic heterocycles. The zero-order valence-corrected chi connectivity index (χ0v) is 12.7. The third kappa shape index (κ3) is 3.58. The SMILES string of the molecule is CC(O)c1ccc(S(=O)(=O)C[C@H]2COC(C)(C)O2)cc1. The fourth-order valence-corrected chi connectivity index (χ4v) is 3.54. The smallest absolute Gasteiger partial charge is 0.181 e. The van der Waals surface area contributed by atoms with Gasteiger partial charge in [-0.1, -0.05) is 12.1 Å². The van der Waals surface area contributed by atoms with Crippen LogP contribution in [0.1, 0.15) is 32.4 Å². The van der Waals surface area contributed by atoms with Crippen molar-refractivity contribution in [3.63, 3.8) is 0 Å². The van der Waals surface area contributed by atoms with Crippen molar-refractivity contribution in [2.45, 2.75) is 43.7 Å².